The molecule has 2 aromatic carbocycles. The van der Waals surface area contributed by atoms with Gasteiger partial charge in [-0.05, 0) is 61.9 Å². The molecule has 1 aliphatic rings. The number of hydrogen-bond donors (Lipinski definition) is 0. The number of nitrogens with zero attached hydrogens (tertiary/aromatic N) is 2. The Labute approximate surface area is 165 Å². The lowest BCUT2D eigenvalue weighted by molar-refractivity contribution is -0.137. The summed E-state index contributed by atoms with van der Waals surface area (Å²) in [5.41, 5.74) is 0.860. The second-order valence-electron chi connectivity index (χ2n) is 6.67. The van der Waals surface area contributed by atoms with Crippen LogP contribution in [0.15, 0.2) is 42.5 Å². The van der Waals surface area contributed by atoms with E-state index in [1.807, 2.05) is 6.92 Å². The van der Waals surface area contributed by atoms with E-state index in [1.165, 1.54) is 4.90 Å². The van der Waals surface area contributed by atoms with Crippen LogP contribution in [0.3, 0.4) is 0 Å². The summed E-state index contributed by atoms with van der Waals surface area (Å²) in [5, 5.41) is 0.567. The van der Waals surface area contributed by atoms with Crippen molar-refractivity contribution >= 4 is 29.1 Å². The summed E-state index contributed by atoms with van der Waals surface area (Å²) in [6.07, 6.45) is -4.47. The number of aryl methyl sites for hydroxylation is 1. The van der Waals surface area contributed by atoms with Crippen LogP contribution in [-0.4, -0.2) is 35.8 Å². The maximum atomic E-state index is 12.8. The average molecular weight is 411 g/mol. The van der Waals surface area contributed by atoms with Gasteiger partial charge in [0.2, 0.25) is 5.91 Å². The van der Waals surface area contributed by atoms with Crippen LogP contribution in [0.4, 0.5) is 18.9 Å². The van der Waals surface area contributed by atoms with Crippen molar-refractivity contribution in [2.45, 2.75) is 26.1 Å². The van der Waals surface area contributed by atoms with Crippen LogP contribution in [0.25, 0.3) is 0 Å². The van der Waals surface area contributed by atoms with E-state index in [1.54, 1.807) is 30.0 Å². The molecule has 1 aliphatic heterocycles. The zero-order valence-electron chi connectivity index (χ0n) is 15.3. The molecule has 0 spiro atoms. The van der Waals surface area contributed by atoms with Crippen LogP contribution in [0.1, 0.15) is 28.4 Å². The first kappa shape index (κ1) is 20.2. The van der Waals surface area contributed by atoms with E-state index in [2.05, 4.69) is 0 Å². The SMILES string of the molecule is Cc1cc(Cl)ccc1N1CCN(C(=O)c2ccc(C(F)(F)F)cc2)[C@@H](C)C1=O. The summed E-state index contributed by atoms with van der Waals surface area (Å²) in [4.78, 5) is 28.6. The van der Waals surface area contributed by atoms with Crippen LogP contribution in [-0.2, 0) is 11.0 Å². The average Bonchev–Trinajstić information content (AvgIpc) is 2.63. The van der Waals surface area contributed by atoms with Crippen molar-refractivity contribution in [3.8, 4) is 0 Å². The molecule has 2 aromatic rings. The predicted molar refractivity (Wildman–Crippen MR) is 100 cm³/mol. The number of carbonyl (C=O) groups excluding carboxylic acids is 2. The summed E-state index contributed by atoms with van der Waals surface area (Å²) in [6, 6.07) is 8.49. The highest BCUT2D eigenvalue weighted by atomic mass is 35.5. The molecule has 8 heteroatoms. The molecule has 1 fully saturated rings. The highest BCUT2D eigenvalue weighted by molar-refractivity contribution is 6.30. The fourth-order valence-corrected chi connectivity index (χ4v) is 3.50. The van der Waals surface area contributed by atoms with Crippen LogP contribution in [0.5, 0.6) is 0 Å². The van der Waals surface area contributed by atoms with E-state index in [4.69, 9.17) is 11.6 Å². The van der Waals surface area contributed by atoms with Gasteiger partial charge < -0.3 is 9.80 Å². The number of benzene rings is 2. The third-order valence-electron chi connectivity index (χ3n) is 4.83. The monoisotopic (exact) mass is 410 g/mol. The highest BCUT2D eigenvalue weighted by Gasteiger charge is 2.36. The largest absolute Gasteiger partial charge is 0.416 e. The van der Waals surface area contributed by atoms with E-state index in [0.717, 1.165) is 35.5 Å². The lowest BCUT2D eigenvalue weighted by Gasteiger charge is -2.39. The maximum Gasteiger partial charge on any atom is 0.416 e. The maximum absolute atomic E-state index is 12.8. The Hall–Kier alpha value is -2.54. The molecule has 0 radical (unpaired) electrons. The van der Waals surface area contributed by atoms with E-state index in [9.17, 15) is 22.8 Å². The third-order valence-corrected chi connectivity index (χ3v) is 5.06. The standard InChI is InChI=1S/C20H18ClF3N2O2/c1-12-11-16(21)7-8-17(12)26-10-9-25(13(2)18(26)27)19(28)14-3-5-15(6-4-14)20(22,23)24/h3-8,11,13H,9-10H2,1-2H3/t13-/m0/s1. The molecular weight excluding hydrogens is 393 g/mol. The van der Waals surface area contributed by atoms with Crippen LogP contribution in [0, 0.1) is 6.92 Å². The van der Waals surface area contributed by atoms with Gasteiger partial charge in [0.15, 0.2) is 0 Å². The van der Waals surface area contributed by atoms with Crippen LogP contribution in [0.2, 0.25) is 5.02 Å². The van der Waals surface area contributed by atoms with Crippen LogP contribution >= 0.6 is 11.6 Å². The quantitative estimate of drug-likeness (QED) is 0.729. The Morgan fingerprint density at radius 2 is 1.75 bits per heavy atom. The topological polar surface area (TPSA) is 40.6 Å². The number of carbonyl (C=O) groups is 2. The minimum atomic E-state index is -4.47. The van der Waals surface area contributed by atoms with E-state index >= 15 is 0 Å². The van der Waals surface area contributed by atoms with E-state index in [0.29, 0.717) is 5.02 Å². The minimum Gasteiger partial charge on any atom is -0.325 e. The Bertz CT molecular complexity index is 913. The van der Waals surface area contributed by atoms with Crippen molar-refractivity contribution in [2.75, 3.05) is 18.0 Å². The normalized spacial score (nSPS) is 17.8. The molecule has 3 rings (SSSR count). The second-order valence-corrected chi connectivity index (χ2v) is 7.11. The Morgan fingerprint density at radius 3 is 2.32 bits per heavy atom. The molecule has 148 valence electrons. The molecule has 0 aliphatic carbocycles. The zero-order valence-corrected chi connectivity index (χ0v) is 16.0. The molecule has 1 heterocycles. The van der Waals surface area contributed by atoms with Gasteiger partial charge in [0.05, 0.1) is 5.56 Å². The number of anilines is 1. The van der Waals surface area contributed by atoms with Crippen molar-refractivity contribution in [1.29, 1.82) is 0 Å². The van der Waals surface area contributed by atoms with Gasteiger partial charge in [0, 0.05) is 29.4 Å². The molecule has 0 N–H and O–H groups in total. The van der Waals surface area contributed by atoms with Crippen LogP contribution < -0.4 is 4.90 Å². The van der Waals surface area contributed by atoms with Gasteiger partial charge in [0.1, 0.15) is 6.04 Å². The number of halogens is 4. The van der Waals surface area contributed by atoms with Gasteiger partial charge in [-0.15, -0.1) is 0 Å². The molecule has 0 bridgehead atoms. The lowest BCUT2D eigenvalue weighted by Crippen LogP contribution is -2.57. The number of hydrogen-bond acceptors (Lipinski definition) is 2. The Morgan fingerprint density at radius 1 is 1.11 bits per heavy atom. The minimum absolute atomic E-state index is 0.115. The lowest BCUT2D eigenvalue weighted by atomic mass is 10.1. The van der Waals surface area contributed by atoms with Gasteiger partial charge in [-0.25, -0.2) is 0 Å². The molecule has 0 aromatic heterocycles. The van der Waals surface area contributed by atoms with Crippen molar-refractivity contribution in [2.24, 2.45) is 0 Å². The summed E-state index contributed by atoms with van der Waals surface area (Å²) < 4.78 is 38.1. The summed E-state index contributed by atoms with van der Waals surface area (Å²) in [5.74, 6) is -0.723. The molecule has 1 atom stereocenters. The Kier molecular flexibility index (Phi) is 5.39. The fraction of sp³-hybridized carbons (Fsp3) is 0.300. The van der Waals surface area contributed by atoms with Gasteiger partial charge in [-0.3, -0.25) is 9.59 Å². The molecule has 1 saturated heterocycles. The predicted octanol–water partition coefficient (Wildman–Crippen LogP) is 4.54. The first-order chi connectivity index (χ1) is 13.1. The first-order valence-electron chi connectivity index (χ1n) is 8.65. The molecule has 0 saturated carbocycles. The number of piperazine rings is 1. The van der Waals surface area contributed by atoms with Crippen molar-refractivity contribution in [3.63, 3.8) is 0 Å². The van der Waals surface area contributed by atoms with Gasteiger partial charge in [-0.2, -0.15) is 13.2 Å². The second kappa shape index (κ2) is 7.47. The van der Waals surface area contributed by atoms with Crippen molar-refractivity contribution in [1.82, 2.24) is 4.90 Å². The highest BCUT2D eigenvalue weighted by Crippen LogP contribution is 2.30. The number of alkyl halides is 3. The number of amides is 2. The zero-order chi connectivity index (χ0) is 20.6. The van der Waals surface area contributed by atoms with Crippen molar-refractivity contribution < 1.29 is 22.8 Å². The molecular formula is C20H18ClF3N2O2. The fourth-order valence-electron chi connectivity index (χ4n) is 3.28. The van der Waals surface area contributed by atoms with Gasteiger partial charge in [0.25, 0.3) is 5.91 Å². The molecule has 0 unspecified atom stereocenters. The van der Waals surface area contributed by atoms with Gasteiger partial charge >= 0.3 is 6.18 Å². The molecule has 28 heavy (non-hydrogen) atoms. The molecule has 4 nitrogen and oxygen atoms in total. The smallest absolute Gasteiger partial charge is 0.325 e. The summed E-state index contributed by atoms with van der Waals surface area (Å²) in [7, 11) is 0. The first-order valence-corrected chi connectivity index (χ1v) is 9.03. The van der Waals surface area contributed by atoms with Gasteiger partial charge in [-0.1, -0.05) is 11.6 Å². The number of rotatable bonds is 2. The van der Waals surface area contributed by atoms with E-state index < -0.39 is 23.7 Å². The third kappa shape index (κ3) is 3.85. The molecule has 2 amide bonds. The Balaban J connectivity index is 1.79. The van der Waals surface area contributed by atoms with E-state index in [-0.39, 0.29) is 24.6 Å². The summed E-state index contributed by atoms with van der Waals surface area (Å²) >= 11 is 5.97. The summed E-state index contributed by atoms with van der Waals surface area (Å²) in [6.45, 7) is 4.02. The van der Waals surface area contributed by atoms with Crippen molar-refractivity contribution in [3.05, 3.63) is 64.2 Å².